The van der Waals surface area contributed by atoms with Gasteiger partial charge in [0.15, 0.2) is 0 Å². The van der Waals surface area contributed by atoms with Crippen LogP contribution in [0.3, 0.4) is 0 Å². The smallest absolute Gasteiger partial charge is 0.220 e. The molecule has 2 aliphatic heterocycles. The topological polar surface area (TPSA) is 32.3 Å². The Morgan fingerprint density at radius 2 is 2.24 bits per heavy atom. The normalized spacial score (nSPS) is 26.9. The second-order valence-corrected chi connectivity index (χ2v) is 6.44. The van der Waals surface area contributed by atoms with E-state index in [9.17, 15) is 9.18 Å². The van der Waals surface area contributed by atoms with Crippen molar-refractivity contribution in [3.8, 4) is 0 Å². The van der Waals surface area contributed by atoms with Crippen LogP contribution in [0.4, 0.5) is 4.39 Å². The standard InChI is InChI=1S/C16H20ClFN2O/c17-14-5-4-13(18)7-12(14)10-20-6-2-1-3-15(20)11-8-16(21)19-9-11/h4-5,7,11,15H,1-3,6,8-10H2,(H,19,21)/t11-,15-/m0/s1. The summed E-state index contributed by atoms with van der Waals surface area (Å²) in [6.07, 6.45) is 4.06. The van der Waals surface area contributed by atoms with Crippen molar-refractivity contribution in [3.05, 3.63) is 34.6 Å². The van der Waals surface area contributed by atoms with Crippen LogP contribution in [-0.2, 0) is 11.3 Å². The van der Waals surface area contributed by atoms with Crippen molar-refractivity contribution in [1.29, 1.82) is 0 Å². The average molecular weight is 311 g/mol. The molecule has 2 saturated heterocycles. The minimum absolute atomic E-state index is 0.148. The molecule has 2 aliphatic rings. The molecule has 5 heteroatoms. The SMILES string of the molecule is O=C1C[C@H]([C@@H]2CCCCN2Cc2cc(F)ccc2Cl)CN1. The highest BCUT2D eigenvalue weighted by Crippen LogP contribution is 2.30. The highest BCUT2D eigenvalue weighted by atomic mass is 35.5. The second kappa shape index (κ2) is 6.32. The first-order chi connectivity index (χ1) is 10.1. The fraction of sp³-hybridized carbons (Fsp3) is 0.562. The van der Waals surface area contributed by atoms with Crippen LogP contribution >= 0.6 is 11.6 Å². The molecule has 1 N–H and O–H groups in total. The number of hydrogen-bond acceptors (Lipinski definition) is 2. The van der Waals surface area contributed by atoms with Crippen LogP contribution in [-0.4, -0.2) is 29.9 Å². The van der Waals surface area contributed by atoms with Gasteiger partial charge in [-0.2, -0.15) is 0 Å². The summed E-state index contributed by atoms with van der Waals surface area (Å²) < 4.78 is 13.4. The van der Waals surface area contributed by atoms with E-state index in [1.54, 1.807) is 6.07 Å². The van der Waals surface area contributed by atoms with E-state index in [1.807, 2.05) is 0 Å². The molecule has 0 saturated carbocycles. The molecular weight excluding hydrogens is 291 g/mol. The number of piperidine rings is 1. The molecule has 0 bridgehead atoms. The molecule has 1 aromatic rings. The lowest BCUT2D eigenvalue weighted by molar-refractivity contribution is -0.119. The predicted molar refractivity (Wildman–Crippen MR) is 80.6 cm³/mol. The zero-order valence-corrected chi connectivity index (χ0v) is 12.7. The first kappa shape index (κ1) is 14.8. The third kappa shape index (κ3) is 3.38. The van der Waals surface area contributed by atoms with Gasteiger partial charge in [-0.15, -0.1) is 0 Å². The number of benzene rings is 1. The summed E-state index contributed by atoms with van der Waals surface area (Å²) >= 11 is 6.19. The molecule has 2 heterocycles. The van der Waals surface area contributed by atoms with Gasteiger partial charge in [-0.05, 0) is 43.1 Å². The Kier molecular flexibility index (Phi) is 4.45. The number of carbonyl (C=O) groups is 1. The van der Waals surface area contributed by atoms with Crippen molar-refractivity contribution < 1.29 is 9.18 Å². The lowest BCUT2D eigenvalue weighted by Crippen LogP contribution is -2.44. The van der Waals surface area contributed by atoms with Gasteiger partial charge in [0.1, 0.15) is 5.82 Å². The minimum atomic E-state index is -0.249. The van der Waals surface area contributed by atoms with E-state index in [2.05, 4.69) is 10.2 Å². The van der Waals surface area contributed by atoms with Crippen LogP contribution in [0.5, 0.6) is 0 Å². The summed E-state index contributed by atoms with van der Waals surface area (Å²) in [5.74, 6) is 0.264. The molecule has 21 heavy (non-hydrogen) atoms. The van der Waals surface area contributed by atoms with E-state index in [4.69, 9.17) is 11.6 Å². The van der Waals surface area contributed by atoms with Crippen molar-refractivity contribution in [2.75, 3.05) is 13.1 Å². The van der Waals surface area contributed by atoms with Gasteiger partial charge in [-0.3, -0.25) is 9.69 Å². The number of amides is 1. The van der Waals surface area contributed by atoms with Crippen LogP contribution in [0.15, 0.2) is 18.2 Å². The predicted octanol–water partition coefficient (Wildman–Crippen LogP) is 2.97. The summed E-state index contributed by atoms with van der Waals surface area (Å²) in [4.78, 5) is 13.8. The van der Waals surface area contributed by atoms with Gasteiger partial charge in [0.2, 0.25) is 5.91 Å². The summed E-state index contributed by atoms with van der Waals surface area (Å²) in [6.45, 7) is 2.41. The molecule has 3 nitrogen and oxygen atoms in total. The molecule has 114 valence electrons. The van der Waals surface area contributed by atoms with Gasteiger partial charge in [0, 0.05) is 36.5 Å². The van der Waals surface area contributed by atoms with Gasteiger partial charge in [0.05, 0.1) is 0 Å². The quantitative estimate of drug-likeness (QED) is 0.931. The molecular formula is C16H20ClFN2O. The number of hydrogen-bond donors (Lipinski definition) is 1. The van der Waals surface area contributed by atoms with E-state index in [1.165, 1.54) is 18.6 Å². The summed E-state index contributed by atoms with van der Waals surface area (Å²) in [6, 6.07) is 4.91. The fourth-order valence-electron chi connectivity index (χ4n) is 3.53. The molecule has 0 radical (unpaired) electrons. The highest BCUT2D eigenvalue weighted by Gasteiger charge is 2.34. The zero-order valence-electron chi connectivity index (χ0n) is 11.9. The summed E-state index contributed by atoms with van der Waals surface area (Å²) in [5, 5.41) is 3.53. The van der Waals surface area contributed by atoms with E-state index in [-0.39, 0.29) is 11.7 Å². The van der Waals surface area contributed by atoms with Crippen LogP contribution in [0.25, 0.3) is 0 Å². The summed E-state index contributed by atoms with van der Waals surface area (Å²) in [5.41, 5.74) is 0.834. The second-order valence-electron chi connectivity index (χ2n) is 6.04. The Hall–Kier alpha value is -1.13. The van der Waals surface area contributed by atoms with Crippen LogP contribution in [0, 0.1) is 11.7 Å². The number of carbonyl (C=O) groups excluding carboxylic acids is 1. The fourth-order valence-corrected chi connectivity index (χ4v) is 3.71. The lowest BCUT2D eigenvalue weighted by atomic mass is 9.89. The van der Waals surface area contributed by atoms with Gasteiger partial charge >= 0.3 is 0 Å². The largest absolute Gasteiger partial charge is 0.356 e. The van der Waals surface area contributed by atoms with E-state index >= 15 is 0 Å². The number of nitrogens with one attached hydrogen (secondary N) is 1. The van der Waals surface area contributed by atoms with E-state index in [0.717, 1.165) is 31.5 Å². The van der Waals surface area contributed by atoms with Crippen molar-refractivity contribution >= 4 is 17.5 Å². The van der Waals surface area contributed by atoms with Crippen LogP contribution in [0.1, 0.15) is 31.2 Å². The van der Waals surface area contributed by atoms with Gasteiger partial charge in [0.25, 0.3) is 0 Å². The average Bonchev–Trinajstić information content (AvgIpc) is 2.90. The van der Waals surface area contributed by atoms with E-state index in [0.29, 0.717) is 29.9 Å². The van der Waals surface area contributed by atoms with Crippen molar-refractivity contribution in [2.45, 2.75) is 38.3 Å². The Bertz CT molecular complexity index is 537. The first-order valence-corrected chi connectivity index (χ1v) is 7.96. The Morgan fingerprint density at radius 3 is 3.00 bits per heavy atom. The number of nitrogens with zero attached hydrogens (tertiary/aromatic N) is 1. The molecule has 1 aromatic carbocycles. The van der Waals surface area contributed by atoms with Crippen LogP contribution in [0.2, 0.25) is 5.02 Å². The minimum Gasteiger partial charge on any atom is -0.356 e. The molecule has 3 rings (SSSR count). The van der Waals surface area contributed by atoms with E-state index < -0.39 is 0 Å². The maximum atomic E-state index is 13.4. The zero-order chi connectivity index (χ0) is 14.8. The molecule has 1 amide bonds. The molecule has 2 fully saturated rings. The maximum absolute atomic E-state index is 13.4. The van der Waals surface area contributed by atoms with Crippen molar-refractivity contribution in [3.63, 3.8) is 0 Å². The molecule has 2 atom stereocenters. The number of halogens is 2. The Morgan fingerprint density at radius 1 is 1.38 bits per heavy atom. The Labute approximate surface area is 129 Å². The lowest BCUT2D eigenvalue weighted by Gasteiger charge is -2.39. The van der Waals surface area contributed by atoms with Crippen LogP contribution < -0.4 is 5.32 Å². The number of likely N-dealkylation sites (tertiary alicyclic amines) is 1. The molecule has 0 aromatic heterocycles. The Balaban J connectivity index is 1.75. The highest BCUT2D eigenvalue weighted by molar-refractivity contribution is 6.31. The van der Waals surface area contributed by atoms with Crippen molar-refractivity contribution in [1.82, 2.24) is 10.2 Å². The maximum Gasteiger partial charge on any atom is 0.220 e. The summed E-state index contributed by atoms with van der Waals surface area (Å²) in [7, 11) is 0. The van der Waals surface area contributed by atoms with Gasteiger partial charge in [-0.25, -0.2) is 4.39 Å². The van der Waals surface area contributed by atoms with Gasteiger partial charge < -0.3 is 5.32 Å². The molecule has 0 unspecified atom stereocenters. The van der Waals surface area contributed by atoms with Gasteiger partial charge in [-0.1, -0.05) is 18.0 Å². The molecule has 0 spiro atoms. The third-order valence-electron chi connectivity index (χ3n) is 4.60. The first-order valence-electron chi connectivity index (χ1n) is 7.58. The monoisotopic (exact) mass is 310 g/mol. The van der Waals surface area contributed by atoms with Crippen molar-refractivity contribution in [2.24, 2.45) is 5.92 Å². The third-order valence-corrected chi connectivity index (χ3v) is 4.97. The molecule has 0 aliphatic carbocycles. The number of rotatable bonds is 3.